The lowest BCUT2D eigenvalue weighted by atomic mass is 10.1. The fraction of sp³-hybridized carbons (Fsp3) is 0.150. The average molecular weight is 333 g/mol. The molecule has 3 aromatic rings. The van der Waals surface area contributed by atoms with Gasteiger partial charge >= 0.3 is 0 Å². The van der Waals surface area contributed by atoms with Gasteiger partial charge in [0.25, 0.3) is 0 Å². The topological polar surface area (TPSA) is 64.1 Å². The lowest BCUT2D eigenvalue weighted by Crippen LogP contribution is -2.24. The first-order valence-electron chi connectivity index (χ1n) is 7.99. The van der Waals surface area contributed by atoms with E-state index in [9.17, 15) is 4.79 Å². The quantitative estimate of drug-likeness (QED) is 0.753. The van der Waals surface area contributed by atoms with Gasteiger partial charge in [-0.15, -0.1) is 0 Å². The Morgan fingerprint density at radius 3 is 2.80 bits per heavy atom. The Morgan fingerprint density at radius 1 is 1.08 bits per heavy atom. The zero-order valence-electron chi connectivity index (χ0n) is 14.0. The van der Waals surface area contributed by atoms with Crippen LogP contribution in [0.3, 0.4) is 0 Å². The molecule has 5 nitrogen and oxygen atoms in total. The third-order valence-electron chi connectivity index (χ3n) is 3.77. The molecule has 0 unspecified atom stereocenters. The summed E-state index contributed by atoms with van der Waals surface area (Å²) in [5.74, 6) is 0.716. The summed E-state index contributed by atoms with van der Waals surface area (Å²) >= 11 is 0. The van der Waals surface area contributed by atoms with Crippen molar-refractivity contribution in [2.24, 2.45) is 0 Å². The van der Waals surface area contributed by atoms with Crippen LogP contribution in [0.15, 0.2) is 67.1 Å². The molecule has 0 spiro atoms. The summed E-state index contributed by atoms with van der Waals surface area (Å²) in [7, 11) is 1.61. The van der Waals surface area contributed by atoms with E-state index >= 15 is 0 Å². The summed E-state index contributed by atoms with van der Waals surface area (Å²) in [6, 6.07) is 15.2. The molecule has 0 aliphatic heterocycles. The van der Waals surface area contributed by atoms with Gasteiger partial charge in [-0.3, -0.25) is 14.8 Å². The number of nitrogens with one attached hydrogen (secondary N) is 1. The molecule has 0 fully saturated rings. The normalized spacial score (nSPS) is 10.3. The molecule has 0 atom stereocenters. The van der Waals surface area contributed by atoms with Gasteiger partial charge in [0.2, 0.25) is 5.91 Å². The van der Waals surface area contributed by atoms with E-state index in [1.807, 2.05) is 48.5 Å². The van der Waals surface area contributed by atoms with E-state index in [1.54, 1.807) is 25.7 Å². The van der Waals surface area contributed by atoms with Gasteiger partial charge in [0.05, 0.1) is 19.2 Å². The third kappa shape index (κ3) is 4.64. The third-order valence-corrected chi connectivity index (χ3v) is 3.77. The van der Waals surface area contributed by atoms with Gasteiger partial charge in [-0.25, -0.2) is 0 Å². The van der Waals surface area contributed by atoms with Gasteiger partial charge in [0.15, 0.2) is 0 Å². The molecule has 0 radical (unpaired) electrons. The van der Waals surface area contributed by atoms with Gasteiger partial charge in [-0.1, -0.05) is 12.1 Å². The predicted octanol–water partition coefficient (Wildman–Crippen LogP) is 3.01. The van der Waals surface area contributed by atoms with Crippen LogP contribution < -0.4 is 10.1 Å². The van der Waals surface area contributed by atoms with Gasteiger partial charge in [0, 0.05) is 30.7 Å². The smallest absolute Gasteiger partial charge is 0.224 e. The predicted molar refractivity (Wildman–Crippen MR) is 96.0 cm³/mol. The number of hydrogen-bond acceptors (Lipinski definition) is 4. The standard InChI is InChI=1S/C20H19N3O2/c1-25-18-6-2-4-15(10-18)12-20(24)23-13-16-7-9-22-19(11-16)17-5-3-8-21-14-17/h2-11,14H,12-13H2,1H3,(H,23,24). The SMILES string of the molecule is COc1cccc(CC(=O)NCc2ccnc(-c3cccnc3)c2)c1. The summed E-state index contributed by atoms with van der Waals surface area (Å²) < 4.78 is 5.18. The summed E-state index contributed by atoms with van der Waals surface area (Å²) in [6.07, 6.45) is 5.56. The van der Waals surface area contributed by atoms with Gasteiger partial charge in [0.1, 0.15) is 5.75 Å². The largest absolute Gasteiger partial charge is 0.497 e. The highest BCUT2D eigenvalue weighted by atomic mass is 16.5. The lowest BCUT2D eigenvalue weighted by Gasteiger charge is -2.08. The molecule has 0 aliphatic carbocycles. The second-order valence-corrected chi connectivity index (χ2v) is 5.60. The highest BCUT2D eigenvalue weighted by Crippen LogP contribution is 2.16. The van der Waals surface area contributed by atoms with Crippen molar-refractivity contribution >= 4 is 5.91 Å². The second-order valence-electron chi connectivity index (χ2n) is 5.60. The van der Waals surface area contributed by atoms with E-state index in [1.165, 1.54) is 0 Å². The molecule has 2 heterocycles. The summed E-state index contributed by atoms with van der Waals surface area (Å²) in [5.41, 5.74) is 3.70. The Bertz CT molecular complexity index is 850. The number of methoxy groups -OCH3 is 1. The Morgan fingerprint density at radius 2 is 2.00 bits per heavy atom. The maximum absolute atomic E-state index is 12.2. The molecule has 0 bridgehead atoms. The van der Waals surface area contributed by atoms with Crippen molar-refractivity contribution in [3.8, 4) is 17.0 Å². The van der Waals surface area contributed by atoms with E-state index in [4.69, 9.17) is 4.74 Å². The van der Waals surface area contributed by atoms with Crippen molar-refractivity contribution in [2.45, 2.75) is 13.0 Å². The summed E-state index contributed by atoms with van der Waals surface area (Å²) in [4.78, 5) is 20.6. The van der Waals surface area contributed by atoms with Crippen LogP contribution in [0.4, 0.5) is 0 Å². The molecule has 126 valence electrons. The zero-order chi connectivity index (χ0) is 17.5. The maximum Gasteiger partial charge on any atom is 0.224 e. The van der Waals surface area contributed by atoms with Crippen molar-refractivity contribution in [3.05, 3.63) is 78.2 Å². The molecule has 0 saturated carbocycles. The zero-order valence-corrected chi connectivity index (χ0v) is 14.0. The molecular formula is C20H19N3O2. The minimum Gasteiger partial charge on any atom is -0.497 e. The molecular weight excluding hydrogens is 314 g/mol. The highest BCUT2D eigenvalue weighted by Gasteiger charge is 2.06. The van der Waals surface area contributed by atoms with Gasteiger partial charge in [-0.2, -0.15) is 0 Å². The molecule has 0 aliphatic rings. The van der Waals surface area contributed by atoms with Gasteiger partial charge in [-0.05, 0) is 47.5 Å². The van der Waals surface area contributed by atoms with Crippen molar-refractivity contribution in [2.75, 3.05) is 7.11 Å². The van der Waals surface area contributed by atoms with Crippen molar-refractivity contribution in [1.82, 2.24) is 15.3 Å². The van der Waals surface area contributed by atoms with Crippen LogP contribution in [0.25, 0.3) is 11.3 Å². The van der Waals surface area contributed by atoms with Crippen LogP contribution in [0.2, 0.25) is 0 Å². The molecule has 5 heteroatoms. The Labute approximate surface area is 146 Å². The minimum absolute atomic E-state index is 0.0343. The van der Waals surface area contributed by atoms with Crippen LogP contribution in [-0.2, 0) is 17.8 Å². The van der Waals surface area contributed by atoms with Crippen LogP contribution in [0.5, 0.6) is 5.75 Å². The van der Waals surface area contributed by atoms with E-state index in [2.05, 4.69) is 15.3 Å². The highest BCUT2D eigenvalue weighted by molar-refractivity contribution is 5.78. The molecule has 25 heavy (non-hydrogen) atoms. The molecule has 2 aromatic heterocycles. The number of hydrogen-bond donors (Lipinski definition) is 1. The number of carbonyl (C=O) groups is 1. The number of nitrogens with zero attached hydrogens (tertiary/aromatic N) is 2. The first kappa shape index (κ1) is 16.6. The molecule has 0 saturated heterocycles. The molecule has 1 N–H and O–H groups in total. The number of ether oxygens (including phenoxy) is 1. The minimum atomic E-state index is -0.0343. The number of rotatable bonds is 6. The lowest BCUT2D eigenvalue weighted by molar-refractivity contribution is -0.120. The molecule has 3 rings (SSSR count). The molecule has 1 amide bonds. The molecule has 1 aromatic carbocycles. The Kier molecular flexibility index (Phi) is 5.36. The van der Waals surface area contributed by atoms with Crippen molar-refractivity contribution in [3.63, 3.8) is 0 Å². The number of carbonyl (C=O) groups excluding carboxylic acids is 1. The first-order valence-corrected chi connectivity index (χ1v) is 7.99. The monoisotopic (exact) mass is 333 g/mol. The number of benzene rings is 1. The van der Waals surface area contributed by atoms with E-state index in [0.717, 1.165) is 28.1 Å². The first-order chi connectivity index (χ1) is 12.2. The van der Waals surface area contributed by atoms with E-state index < -0.39 is 0 Å². The number of pyridine rings is 2. The Balaban J connectivity index is 1.60. The fourth-order valence-electron chi connectivity index (χ4n) is 2.49. The fourth-order valence-corrected chi connectivity index (χ4v) is 2.49. The second kappa shape index (κ2) is 8.06. The van der Waals surface area contributed by atoms with Crippen LogP contribution >= 0.6 is 0 Å². The van der Waals surface area contributed by atoms with E-state index in [-0.39, 0.29) is 5.91 Å². The number of aromatic nitrogens is 2. The van der Waals surface area contributed by atoms with Crippen molar-refractivity contribution < 1.29 is 9.53 Å². The van der Waals surface area contributed by atoms with Crippen LogP contribution in [0.1, 0.15) is 11.1 Å². The van der Waals surface area contributed by atoms with Crippen molar-refractivity contribution in [1.29, 1.82) is 0 Å². The summed E-state index contributed by atoms with van der Waals surface area (Å²) in [5, 5.41) is 2.94. The maximum atomic E-state index is 12.2. The summed E-state index contributed by atoms with van der Waals surface area (Å²) in [6.45, 7) is 0.457. The Hall–Kier alpha value is -3.21. The van der Waals surface area contributed by atoms with Crippen LogP contribution in [0, 0.1) is 0 Å². The van der Waals surface area contributed by atoms with E-state index in [0.29, 0.717) is 13.0 Å². The number of amides is 1. The average Bonchev–Trinajstić information content (AvgIpc) is 2.67. The van der Waals surface area contributed by atoms with Gasteiger partial charge < -0.3 is 10.1 Å². The van der Waals surface area contributed by atoms with Crippen LogP contribution in [-0.4, -0.2) is 23.0 Å².